The van der Waals surface area contributed by atoms with Crippen molar-refractivity contribution in [3.8, 4) is 5.75 Å². The molecule has 1 aromatic carbocycles. The van der Waals surface area contributed by atoms with Crippen LogP contribution < -0.4 is 10.1 Å². The lowest BCUT2D eigenvalue weighted by Gasteiger charge is -2.13. The molecule has 0 aliphatic rings. The maximum atomic E-state index is 5.80. The van der Waals surface area contributed by atoms with Crippen LogP contribution in [0.1, 0.15) is 18.9 Å². The van der Waals surface area contributed by atoms with Gasteiger partial charge in [0.25, 0.3) is 0 Å². The molecule has 1 aromatic rings. The molecule has 0 spiro atoms. The number of halogens is 2. The van der Waals surface area contributed by atoms with Crippen molar-refractivity contribution < 1.29 is 14.2 Å². The highest BCUT2D eigenvalue weighted by molar-refractivity contribution is 9.11. The fourth-order valence-corrected chi connectivity index (χ4v) is 3.25. The van der Waals surface area contributed by atoms with Crippen LogP contribution in [0.4, 0.5) is 0 Å². The van der Waals surface area contributed by atoms with Crippen molar-refractivity contribution in [3.05, 3.63) is 26.6 Å². The van der Waals surface area contributed by atoms with Gasteiger partial charge in [-0.2, -0.15) is 0 Å². The number of benzene rings is 1. The summed E-state index contributed by atoms with van der Waals surface area (Å²) in [4.78, 5) is 0. The molecule has 0 saturated heterocycles. The van der Waals surface area contributed by atoms with E-state index in [4.69, 9.17) is 14.2 Å². The summed E-state index contributed by atoms with van der Waals surface area (Å²) in [6, 6.07) is 4.14. The molecule has 0 radical (unpaired) electrons. The SMILES string of the molecule is CCOCCCOc1c(Br)cc(CNCCOC)cc1Br. The van der Waals surface area contributed by atoms with E-state index in [-0.39, 0.29) is 0 Å². The Kier molecular flexibility index (Phi) is 10.3. The smallest absolute Gasteiger partial charge is 0.147 e. The molecule has 6 heteroatoms. The van der Waals surface area contributed by atoms with Crippen molar-refractivity contribution in [1.82, 2.24) is 5.32 Å². The van der Waals surface area contributed by atoms with Crippen molar-refractivity contribution >= 4 is 31.9 Å². The lowest BCUT2D eigenvalue weighted by molar-refractivity contribution is 0.130. The van der Waals surface area contributed by atoms with Crippen LogP contribution in [0, 0.1) is 0 Å². The van der Waals surface area contributed by atoms with Gasteiger partial charge in [-0.15, -0.1) is 0 Å². The van der Waals surface area contributed by atoms with Gasteiger partial charge in [-0.3, -0.25) is 0 Å². The van der Waals surface area contributed by atoms with E-state index >= 15 is 0 Å². The molecule has 0 bridgehead atoms. The van der Waals surface area contributed by atoms with Gasteiger partial charge in [0.15, 0.2) is 0 Å². The summed E-state index contributed by atoms with van der Waals surface area (Å²) in [6.07, 6.45) is 0.882. The van der Waals surface area contributed by atoms with Gasteiger partial charge in [0.05, 0.1) is 22.2 Å². The largest absolute Gasteiger partial charge is 0.491 e. The first kappa shape index (κ1) is 18.9. The summed E-state index contributed by atoms with van der Waals surface area (Å²) in [5, 5.41) is 3.32. The zero-order valence-corrected chi connectivity index (χ0v) is 15.8. The van der Waals surface area contributed by atoms with Crippen LogP contribution in [-0.2, 0) is 16.0 Å². The van der Waals surface area contributed by atoms with Gasteiger partial charge in [-0.1, -0.05) is 0 Å². The van der Waals surface area contributed by atoms with E-state index < -0.39 is 0 Å². The number of hydrogen-bond donors (Lipinski definition) is 1. The van der Waals surface area contributed by atoms with Crippen molar-refractivity contribution in [3.63, 3.8) is 0 Å². The first-order chi connectivity index (χ1) is 10.2. The Morgan fingerprint density at radius 2 is 1.81 bits per heavy atom. The minimum absolute atomic E-state index is 0.642. The molecule has 0 saturated carbocycles. The lowest BCUT2D eigenvalue weighted by atomic mass is 10.2. The zero-order chi connectivity index (χ0) is 15.5. The van der Waals surface area contributed by atoms with Crippen LogP contribution in [0.25, 0.3) is 0 Å². The van der Waals surface area contributed by atoms with Gasteiger partial charge >= 0.3 is 0 Å². The normalized spacial score (nSPS) is 10.9. The van der Waals surface area contributed by atoms with Gasteiger partial charge in [-0.25, -0.2) is 0 Å². The molecular weight excluding hydrogens is 402 g/mol. The Labute approximate surface area is 143 Å². The molecule has 1 N–H and O–H groups in total. The Morgan fingerprint density at radius 3 is 2.43 bits per heavy atom. The fourth-order valence-electron chi connectivity index (χ4n) is 1.74. The van der Waals surface area contributed by atoms with E-state index in [0.717, 1.165) is 47.4 Å². The fraction of sp³-hybridized carbons (Fsp3) is 0.600. The molecule has 4 nitrogen and oxygen atoms in total. The summed E-state index contributed by atoms with van der Waals surface area (Å²) < 4.78 is 18.0. The van der Waals surface area contributed by atoms with Crippen LogP contribution in [0.15, 0.2) is 21.1 Å². The van der Waals surface area contributed by atoms with E-state index in [1.807, 2.05) is 6.92 Å². The number of nitrogens with one attached hydrogen (secondary N) is 1. The minimum atomic E-state index is 0.642. The first-order valence-corrected chi connectivity index (χ1v) is 8.65. The molecule has 120 valence electrons. The summed E-state index contributed by atoms with van der Waals surface area (Å²) in [5.74, 6) is 0.840. The maximum absolute atomic E-state index is 5.80. The summed E-state index contributed by atoms with van der Waals surface area (Å²) in [5.41, 5.74) is 1.19. The van der Waals surface area contributed by atoms with E-state index in [2.05, 4.69) is 49.3 Å². The van der Waals surface area contributed by atoms with Crippen LogP contribution in [-0.4, -0.2) is 40.1 Å². The number of methoxy groups -OCH3 is 1. The lowest BCUT2D eigenvalue weighted by Crippen LogP contribution is -2.18. The maximum Gasteiger partial charge on any atom is 0.147 e. The Balaban J connectivity index is 2.46. The summed E-state index contributed by atoms with van der Waals surface area (Å²) in [6.45, 7) is 6.46. The van der Waals surface area contributed by atoms with Gasteiger partial charge in [0.2, 0.25) is 0 Å². The van der Waals surface area contributed by atoms with E-state index in [9.17, 15) is 0 Å². The second-order valence-corrected chi connectivity index (χ2v) is 6.17. The van der Waals surface area contributed by atoms with Crippen molar-refractivity contribution in [2.75, 3.05) is 40.1 Å². The Bertz CT molecular complexity index is 393. The quantitative estimate of drug-likeness (QED) is 0.549. The second kappa shape index (κ2) is 11.4. The molecular formula is C15H23Br2NO3. The van der Waals surface area contributed by atoms with Crippen LogP contribution in [0.2, 0.25) is 0 Å². The third-order valence-corrected chi connectivity index (χ3v) is 3.93. The average molecular weight is 425 g/mol. The molecule has 0 unspecified atom stereocenters. The number of hydrogen-bond acceptors (Lipinski definition) is 4. The van der Waals surface area contributed by atoms with Gasteiger partial charge in [0, 0.05) is 39.8 Å². The van der Waals surface area contributed by atoms with E-state index in [1.165, 1.54) is 5.56 Å². The molecule has 0 heterocycles. The second-order valence-electron chi connectivity index (χ2n) is 4.46. The van der Waals surface area contributed by atoms with Gasteiger partial charge < -0.3 is 19.5 Å². The molecule has 0 fully saturated rings. The third-order valence-electron chi connectivity index (χ3n) is 2.75. The average Bonchev–Trinajstić information content (AvgIpc) is 2.46. The monoisotopic (exact) mass is 423 g/mol. The number of rotatable bonds is 11. The van der Waals surface area contributed by atoms with Crippen molar-refractivity contribution in [2.45, 2.75) is 19.9 Å². The predicted molar refractivity (Wildman–Crippen MR) is 92.0 cm³/mol. The molecule has 1 rings (SSSR count). The predicted octanol–water partition coefficient (Wildman–Crippen LogP) is 3.75. The van der Waals surface area contributed by atoms with Crippen molar-refractivity contribution in [2.24, 2.45) is 0 Å². The molecule has 0 amide bonds. The molecule has 21 heavy (non-hydrogen) atoms. The Morgan fingerprint density at radius 1 is 1.10 bits per heavy atom. The van der Waals surface area contributed by atoms with Gasteiger partial charge in [-0.05, 0) is 56.5 Å². The topological polar surface area (TPSA) is 39.7 Å². The first-order valence-electron chi connectivity index (χ1n) is 7.07. The van der Waals surface area contributed by atoms with E-state index in [0.29, 0.717) is 13.2 Å². The van der Waals surface area contributed by atoms with E-state index in [1.54, 1.807) is 7.11 Å². The summed E-state index contributed by atoms with van der Waals surface area (Å²) in [7, 11) is 1.70. The van der Waals surface area contributed by atoms with Crippen LogP contribution >= 0.6 is 31.9 Å². The minimum Gasteiger partial charge on any atom is -0.491 e. The highest BCUT2D eigenvalue weighted by Crippen LogP contribution is 2.34. The van der Waals surface area contributed by atoms with Crippen molar-refractivity contribution in [1.29, 1.82) is 0 Å². The zero-order valence-electron chi connectivity index (χ0n) is 12.6. The third kappa shape index (κ3) is 7.61. The standard InChI is InChI=1S/C15H23Br2NO3/c1-3-20-6-4-7-21-15-13(16)9-12(10-14(15)17)11-18-5-8-19-2/h9-10,18H,3-8,11H2,1-2H3. The molecule has 0 aromatic heterocycles. The highest BCUT2D eigenvalue weighted by Gasteiger charge is 2.09. The molecule has 0 aliphatic carbocycles. The Hall–Kier alpha value is -0.140. The molecule has 0 atom stereocenters. The van der Waals surface area contributed by atoms with Gasteiger partial charge in [0.1, 0.15) is 5.75 Å². The highest BCUT2D eigenvalue weighted by atomic mass is 79.9. The summed E-state index contributed by atoms with van der Waals surface area (Å²) >= 11 is 7.13. The van der Waals surface area contributed by atoms with Crippen LogP contribution in [0.3, 0.4) is 0 Å². The molecule has 0 aliphatic heterocycles. The van der Waals surface area contributed by atoms with Crippen LogP contribution in [0.5, 0.6) is 5.75 Å². The number of ether oxygens (including phenoxy) is 3.